The van der Waals surface area contributed by atoms with Crippen molar-refractivity contribution in [1.29, 1.82) is 0 Å². The molecule has 1 saturated carbocycles. The Morgan fingerprint density at radius 2 is 1.71 bits per heavy atom. The molecule has 3 nitrogen and oxygen atoms in total. The first-order chi connectivity index (χ1) is 11.6. The van der Waals surface area contributed by atoms with Gasteiger partial charge in [0.2, 0.25) is 5.91 Å². The molecule has 0 unspecified atom stereocenters. The molecule has 4 heteroatoms. The first-order valence-electron chi connectivity index (χ1n) is 7.67. The number of carbonyl (C=O) groups excluding carboxylic acids is 1. The summed E-state index contributed by atoms with van der Waals surface area (Å²) < 4.78 is 13.0. The Morgan fingerprint density at radius 3 is 2.42 bits per heavy atom. The minimum Gasteiger partial charge on any atom is -0.326 e. The Bertz CT molecular complexity index is 754. The van der Waals surface area contributed by atoms with Gasteiger partial charge in [-0.05, 0) is 49.9 Å². The highest BCUT2D eigenvalue weighted by Gasteiger charge is 2.37. The number of para-hydroxylation sites is 1. The fourth-order valence-electron chi connectivity index (χ4n) is 2.59. The summed E-state index contributed by atoms with van der Waals surface area (Å²) in [5.74, 6) is 0.744. The van der Waals surface area contributed by atoms with Crippen LogP contribution in [0.25, 0.3) is 0 Å². The normalized spacial score (nSPS) is 16.9. The van der Waals surface area contributed by atoms with E-state index in [9.17, 15) is 9.00 Å². The molecule has 0 aliphatic heterocycles. The summed E-state index contributed by atoms with van der Waals surface area (Å²) in [6, 6.07) is 15.3. The fourth-order valence-corrected chi connectivity index (χ4v) is 3.81. The Kier molecular flexibility index (Phi) is 5.14. The Balaban J connectivity index is 1.90. The lowest BCUT2D eigenvalue weighted by Gasteiger charge is -2.21. The second kappa shape index (κ2) is 7.31. The molecular weight excluding hydrogens is 318 g/mol. The van der Waals surface area contributed by atoms with Crippen LogP contribution in [0.5, 0.6) is 0 Å². The average molecular weight is 336 g/mol. The number of rotatable bonds is 4. The summed E-state index contributed by atoms with van der Waals surface area (Å²) in [4.78, 5) is 12.2. The quantitative estimate of drug-likeness (QED) is 0.922. The van der Waals surface area contributed by atoms with Gasteiger partial charge >= 0.3 is 0 Å². The smallest absolute Gasteiger partial charge is 0.221 e. The first-order valence-corrected chi connectivity index (χ1v) is 8.82. The molecule has 24 heavy (non-hydrogen) atoms. The van der Waals surface area contributed by atoms with Gasteiger partial charge in [-0.2, -0.15) is 0 Å². The van der Waals surface area contributed by atoms with Crippen LogP contribution in [0.1, 0.15) is 18.1 Å². The summed E-state index contributed by atoms with van der Waals surface area (Å²) in [7, 11) is -1.27. The van der Waals surface area contributed by atoms with E-state index in [1.54, 1.807) is 0 Å². The molecule has 0 spiro atoms. The Hall–Kier alpha value is -1.94. The number of aryl methyl sites for hydroxylation is 1. The Labute approximate surface area is 145 Å². The van der Waals surface area contributed by atoms with E-state index in [4.69, 9.17) is 0 Å². The third kappa shape index (κ3) is 3.59. The second-order valence-corrected chi connectivity index (χ2v) is 7.06. The monoisotopic (exact) mass is 336 g/mol. The van der Waals surface area contributed by atoms with Crippen LogP contribution < -0.4 is 5.32 Å². The largest absolute Gasteiger partial charge is 0.326 e. The van der Waals surface area contributed by atoms with Crippen molar-refractivity contribution in [1.82, 2.24) is 0 Å². The van der Waals surface area contributed by atoms with Crippen LogP contribution in [0, 0.1) is 37.4 Å². The third-order valence-corrected chi connectivity index (χ3v) is 5.19. The molecular formula is C20H18NO2S. The van der Waals surface area contributed by atoms with Crippen LogP contribution >= 0.6 is 0 Å². The van der Waals surface area contributed by atoms with Crippen LogP contribution in [0.15, 0.2) is 53.4 Å². The molecule has 0 aromatic heterocycles. The molecule has 2 aromatic rings. The first kappa shape index (κ1) is 16.9. The molecule has 1 atom stereocenters. The van der Waals surface area contributed by atoms with E-state index in [1.165, 1.54) is 6.92 Å². The SMILES string of the molecule is CC(=O)Nc1ccccc1[C]1[CH][CH][CH][C]1[S@](=O)c1ccc(C)cc1. The van der Waals surface area contributed by atoms with Gasteiger partial charge in [0.05, 0.1) is 16.0 Å². The molecule has 2 aromatic carbocycles. The molecule has 0 bridgehead atoms. The van der Waals surface area contributed by atoms with Crippen LogP contribution in [-0.4, -0.2) is 10.1 Å². The third-order valence-electron chi connectivity index (χ3n) is 3.74. The van der Waals surface area contributed by atoms with E-state index in [2.05, 4.69) is 5.32 Å². The summed E-state index contributed by atoms with van der Waals surface area (Å²) >= 11 is 0. The number of nitrogens with one attached hydrogen (secondary N) is 1. The van der Waals surface area contributed by atoms with Gasteiger partial charge in [0.25, 0.3) is 0 Å². The molecule has 121 valence electrons. The molecule has 1 aliphatic rings. The van der Waals surface area contributed by atoms with Crippen molar-refractivity contribution in [3.8, 4) is 0 Å². The lowest BCUT2D eigenvalue weighted by atomic mass is 9.95. The minimum atomic E-state index is -1.27. The predicted molar refractivity (Wildman–Crippen MR) is 96.8 cm³/mol. The second-order valence-electron chi connectivity index (χ2n) is 5.61. The van der Waals surface area contributed by atoms with E-state index < -0.39 is 10.8 Å². The van der Waals surface area contributed by atoms with Crippen molar-refractivity contribution in [2.75, 3.05) is 5.32 Å². The van der Waals surface area contributed by atoms with Crippen LogP contribution in [0.4, 0.5) is 5.69 Å². The van der Waals surface area contributed by atoms with Gasteiger partial charge in [-0.15, -0.1) is 0 Å². The fraction of sp³-hybridized carbons (Fsp3) is 0.100. The van der Waals surface area contributed by atoms with Crippen molar-refractivity contribution in [3.63, 3.8) is 0 Å². The average Bonchev–Trinajstić information content (AvgIpc) is 3.04. The summed E-state index contributed by atoms with van der Waals surface area (Å²) in [6.07, 6.45) is 5.69. The standard InChI is InChI=1S/C20H18NO2S/c1-14-10-12-16(13-11-14)24(23)20-9-5-7-18(20)17-6-3-4-8-19(17)21-15(2)22/h3-13H,1-2H3,(H,21,22)/t24-/m1/s1. The minimum absolute atomic E-state index is 0.129. The van der Waals surface area contributed by atoms with Crippen molar-refractivity contribution in [3.05, 3.63) is 90.1 Å². The topological polar surface area (TPSA) is 46.2 Å². The zero-order valence-corrected chi connectivity index (χ0v) is 14.4. The molecule has 3 rings (SSSR count). The maximum Gasteiger partial charge on any atom is 0.221 e. The maximum atomic E-state index is 13.0. The Morgan fingerprint density at radius 1 is 1.00 bits per heavy atom. The highest BCUT2D eigenvalue weighted by molar-refractivity contribution is 7.88. The molecule has 1 fully saturated rings. The van der Waals surface area contributed by atoms with Gasteiger partial charge in [-0.1, -0.05) is 35.9 Å². The maximum absolute atomic E-state index is 13.0. The van der Waals surface area contributed by atoms with Crippen molar-refractivity contribution in [2.45, 2.75) is 18.7 Å². The van der Waals surface area contributed by atoms with E-state index in [-0.39, 0.29) is 5.91 Å². The number of hydrogen-bond acceptors (Lipinski definition) is 2. The summed E-state index contributed by atoms with van der Waals surface area (Å²) in [5, 5.41) is 3.58. The van der Waals surface area contributed by atoms with Crippen molar-refractivity contribution in [2.24, 2.45) is 0 Å². The van der Waals surface area contributed by atoms with Gasteiger partial charge in [0.15, 0.2) is 0 Å². The summed E-state index contributed by atoms with van der Waals surface area (Å²) in [6.45, 7) is 3.48. The number of anilines is 1. The van der Waals surface area contributed by atoms with Gasteiger partial charge in [-0.3, -0.25) is 9.00 Å². The summed E-state index contributed by atoms with van der Waals surface area (Å²) in [5.41, 5.74) is 2.72. The van der Waals surface area contributed by atoms with Gasteiger partial charge < -0.3 is 5.32 Å². The van der Waals surface area contributed by atoms with E-state index in [0.29, 0.717) is 0 Å². The van der Waals surface area contributed by atoms with Gasteiger partial charge in [0, 0.05) is 23.4 Å². The molecule has 1 aliphatic carbocycles. The predicted octanol–water partition coefficient (Wildman–Crippen LogP) is 3.84. The molecule has 0 saturated heterocycles. The molecule has 5 radical (unpaired) electrons. The van der Waals surface area contributed by atoms with Crippen LogP contribution in [0.2, 0.25) is 0 Å². The molecule has 0 heterocycles. The zero-order valence-electron chi connectivity index (χ0n) is 13.6. The molecule has 1 amide bonds. The van der Waals surface area contributed by atoms with E-state index >= 15 is 0 Å². The van der Waals surface area contributed by atoms with Crippen molar-refractivity contribution >= 4 is 22.4 Å². The molecule has 1 N–H and O–H groups in total. The van der Waals surface area contributed by atoms with Crippen LogP contribution in [-0.2, 0) is 15.6 Å². The van der Waals surface area contributed by atoms with Gasteiger partial charge in [0.1, 0.15) is 0 Å². The zero-order chi connectivity index (χ0) is 17.1. The number of benzene rings is 2. The van der Waals surface area contributed by atoms with Crippen LogP contribution in [0.3, 0.4) is 0 Å². The highest BCUT2D eigenvalue weighted by Crippen LogP contribution is 2.44. The number of carbonyl (C=O) groups is 1. The van der Waals surface area contributed by atoms with E-state index in [1.807, 2.05) is 74.7 Å². The lowest BCUT2D eigenvalue weighted by molar-refractivity contribution is -0.114. The highest BCUT2D eigenvalue weighted by atomic mass is 32.2. The van der Waals surface area contributed by atoms with Crippen molar-refractivity contribution < 1.29 is 9.00 Å². The lowest BCUT2D eigenvalue weighted by Crippen LogP contribution is -2.15. The van der Waals surface area contributed by atoms with Gasteiger partial charge in [-0.25, -0.2) is 0 Å². The number of hydrogen-bond donors (Lipinski definition) is 1. The number of amides is 1. The van der Waals surface area contributed by atoms with E-state index in [0.717, 1.165) is 32.9 Å².